The van der Waals surface area contributed by atoms with E-state index in [-0.39, 0.29) is 18.2 Å². The molecule has 1 saturated carbocycles. The first kappa shape index (κ1) is 21.8. The highest BCUT2D eigenvalue weighted by molar-refractivity contribution is 5.68. The minimum atomic E-state index is -1.17. The molecule has 2 fully saturated rings. The highest BCUT2D eigenvalue weighted by Crippen LogP contribution is 2.37. The van der Waals surface area contributed by atoms with Gasteiger partial charge in [-0.25, -0.2) is 4.79 Å². The number of carbonyl (C=O) groups is 3. The number of aromatic nitrogens is 2. The zero-order chi connectivity index (χ0) is 22.0. The van der Waals surface area contributed by atoms with Crippen molar-refractivity contribution in [3.05, 3.63) is 32.6 Å². The zero-order valence-electron chi connectivity index (χ0n) is 16.9. The lowest BCUT2D eigenvalue weighted by Gasteiger charge is -2.28. The molecule has 11 heteroatoms. The van der Waals surface area contributed by atoms with Gasteiger partial charge >= 0.3 is 23.6 Å². The van der Waals surface area contributed by atoms with Crippen molar-refractivity contribution in [3.8, 4) is 0 Å². The first-order valence-electron chi connectivity index (χ1n) is 9.66. The number of esters is 3. The normalized spacial score (nSPS) is 26.0. The SMILES string of the molecule is CC(=O)OC[C@H]1O[C@@H](c2cn(C3CCC3)c(=O)[nH]c2=O)C(OC(C)=O)C1OC(C)=O. The van der Waals surface area contributed by atoms with Crippen molar-refractivity contribution in [1.82, 2.24) is 9.55 Å². The minimum absolute atomic E-state index is 0.0391. The number of nitrogens with one attached hydrogen (secondary N) is 1. The summed E-state index contributed by atoms with van der Waals surface area (Å²) in [5.74, 6) is -1.92. The Morgan fingerprint density at radius 3 is 2.23 bits per heavy atom. The average molecular weight is 424 g/mol. The molecule has 11 nitrogen and oxygen atoms in total. The van der Waals surface area contributed by atoms with E-state index >= 15 is 0 Å². The molecule has 0 bridgehead atoms. The Labute approximate surface area is 171 Å². The summed E-state index contributed by atoms with van der Waals surface area (Å²) in [6.07, 6.45) is -0.416. The molecule has 4 atom stereocenters. The molecule has 2 heterocycles. The van der Waals surface area contributed by atoms with Crippen LogP contribution in [0.15, 0.2) is 15.8 Å². The quantitative estimate of drug-likeness (QED) is 0.498. The van der Waals surface area contributed by atoms with E-state index in [0.717, 1.165) is 19.3 Å². The Morgan fingerprint density at radius 2 is 1.70 bits per heavy atom. The number of rotatable bonds is 6. The molecule has 1 aliphatic heterocycles. The lowest BCUT2D eigenvalue weighted by Crippen LogP contribution is -2.41. The summed E-state index contributed by atoms with van der Waals surface area (Å²) in [5.41, 5.74) is -1.19. The standard InChI is InChI=1S/C19H24N2O9/c1-9(22)27-8-14-16(28-10(2)23)17(29-11(3)24)15(30-14)13-7-21(12-5-4-6-12)19(26)20-18(13)25/h7,12,14-17H,4-6,8H2,1-3H3,(H,20,25,26)/t14-,15+,16?,17?/m1/s1. The van der Waals surface area contributed by atoms with Gasteiger partial charge in [0.1, 0.15) is 18.8 Å². The second-order valence-corrected chi connectivity index (χ2v) is 7.38. The van der Waals surface area contributed by atoms with Gasteiger partial charge in [0.05, 0.1) is 5.56 Å². The van der Waals surface area contributed by atoms with E-state index in [1.54, 1.807) is 0 Å². The lowest BCUT2D eigenvalue weighted by atomic mass is 9.92. The molecule has 0 aromatic carbocycles. The fourth-order valence-electron chi connectivity index (χ4n) is 3.61. The summed E-state index contributed by atoms with van der Waals surface area (Å²) in [5, 5.41) is 0. The van der Waals surface area contributed by atoms with Crippen LogP contribution in [0.3, 0.4) is 0 Å². The molecule has 2 aliphatic rings. The van der Waals surface area contributed by atoms with Gasteiger partial charge in [0.2, 0.25) is 0 Å². The van der Waals surface area contributed by atoms with E-state index in [1.807, 2.05) is 0 Å². The highest BCUT2D eigenvalue weighted by Gasteiger charge is 2.51. The zero-order valence-corrected chi connectivity index (χ0v) is 16.9. The van der Waals surface area contributed by atoms with Crippen LogP contribution in [0.25, 0.3) is 0 Å². The van der Waals surface area contributed by atoms with Gasteiger partial charge in [-0.05, 0) is 19.3 Å². The Morgan fingerprint density at radius 1 is 1.07 bits per heavy atom. The molecule has 1 saturated heterocycles. The minimum Gasteiger partial charge on any atom is -0.463 e. The predicted molar refractivity (Wildman–Crippen MR) is 99.6 cm³/mol. The molecule has 164 valence electrons. The van der Waals surface area contributed by atoms with Crippen LogP contribution in [-0.2, 0) is 33.3 Å². The third-order valence-corrected chi connectivity index (χ3v) is 5.13. The maximum atomic E-state index is 12.6. The number of ether oxygens (including phenoxy) is 4. The number of nitrogens with zero attached hydrogens (tertiary/aromatic N) is 1. The molecular formula is C19H24N2O9. The number of carbonyl (C=O) groups excluding carboxylic acids is 3. The fraction of sp³-hybridized carbons (Fsp3) is 0.632. The Bertz CT molecular complexity index is 946. The number of hydrogen-bond donors (Lipinski definition) is 1. The van der Waals surface area contributed by atoms with Crippen LogP contribution >= 0.6 is 0 Å². The van der Waals surface area contributed by atoms with Gasteiger partial charge in [-0.15, -0.1) is 0 Å². The van der Waals surface area contributed by atoms with E-state index in [2.05, 4.69) is 4.98 Å². The van der Waals surface area contributed by atoms with Gasteiger partial charge in [0, 0.05) is 33.0 Å². The van der Waals surface area contributed by atoms with Crippen LogP contribution in [0.5, 0.6) is 0 Å². The maximum Gasteiger partial charge on any atom is 0.328 e. The molecule has 0 radical (unpaired) electrons. The van der Waals surface area contributed by atoms with Crippen molar-refractivity contribution in [3.63, 3.8) is 0 Å². The van der Waals surface area contributed by atoms with E-state index < -0.39 is 53.6 Å². The van der Waals surface area contributed by atoms with Gasteiger partial charge in [-0.2, -0.15) is 0 Å². The smallest absolute Gasteiger partial charge is 0.328 e. The number of hydrogen-bond acceptors (Lipinski definition) is 9. The first-order chi connectivity index (χ1) is 14.2. The highest BCUT2D eigenvalue weighted by atomic mass is 16.6. The van der Waals surface area contributed by atoms with Crippen LogP contribution in [0.1, 0.15) is 57.7 Å². The van der Waals surface area contributed by atoms with Crippen molar-refractivity contribution in [2.45, 2.75) is 70.5 Å². The van der Waals surface area contributed by atoms with Crippen molar-refractivity contribution < 1.29 is 33.3 Å². The van der Waals surface area contributed by atoms with E-state index in [9.17, 15) is 24.0 Å². The average Bonchev–Trinajstić information content (AvgIpc) is 2.90. The molecule has 30 heavy (non-hydrogen) atoms. The van der Waals surface area contributed by atoms with Crippen LogP contribution < -0.4 is 11.2 Å². The molecular weight excluding hydrogens is 400 g/mol. The Hall–Kier alpha value is -2.95. The molecule has 0 amide bonds. The summed E-state index contributed by atoms with van der Waals surface area (Å²) in [4.78, 5) is 61.6. The first-order valence-corrected chi connectivity index (χ1v) is 9.66. The van der Waals surface area contributed by atoms with E-state index in [0.29, 0.717) is 0 Å². The van der Waals surface area contributed by atoms with Crippen LogP contribution in [0.2, 0.25) is 0 Å². The monoisotopic (exact) mass is 424 g/mol. The van der Waals surface area contributed by atoms with Crippen molar-refractivity contribution in [2.24, 2.45) is 0 Å². The van der Waals surface area contributed by atoms with Gasteiger partial charge in [-0.1, -0.05) is 0 Å². The summed E-state index contributed by atoms with van der Waals surface area (Å²) >= 11 is 0. The van der Waals surface area contributed by atoms with Gasteiger partial charge < -0.3 is 18.9 Å². The van der Waals surface area contributed by atoms with Gasteiger partial charge in [0.15, 0.2) is 12.2 Å². The second kappa shape index (κ2) is 8.82. The van der Waals surface area contributed by atoms with E-state index in [1.165, 1.54) is 31.5 Å². The molecule has 1 N–H and O–H groups in total. The number of H-pyrrole nitrogens is 1. The van der Waals surface area contributed by atoms with Gasteiger partial charge in [0.25, 0.3) is 5.56 Å². The molecule has 1 aliphatic carbocycles. The summed E-state index contributed by atoms with van der Waals surface area (Å²) in [7, 11) is 0. The summed E-state index contributed by atoms with van der Waals surface area (Å²) in [6, 6.07) is -0.0391. The third kappa shape index (κ3) is 4.61. The molecule has 3 rings (SSSR count). The van der Waals surface area contributed by atoms with Crippen LogP contribution in [0.4, 0.5) is 0 Å². The summed E-state index contributed by atoms with van der Waals surface area (Å²) < 4.78 is 22.9. The fourth-order valence-corrected chi connectivity index (χ4v) is 3.61. The van der Waals surface area contributed by atoms with Crippen molar-refractivity contribution in [2.75, 3.05) is 6.61 Å². The maximum absolute atomic E-state index is 12.6. The Balaban J connectivity index is 2.01. The second-order valence-electron chi connectivity index (χ2n) is 7.38. The lowest BCUT2D eigenvalue weighted by molar-refractivity contribution is -0.165. The molecule has 1 aromatic heterocycles. The third-order valence-electron chi connectivity index (χ3n) is 5.13. The van der Waals surface area contributed by atoms with Crippen LogP contribution in [0, 0.1) is 0 Å². The number of aromatic amines is 1. The molecule has 0 spiro atoms. The summed E-state index contributed by atoms with van der Waals surface area (Å²) in [6.45, 7) is 3.27. The topological polar surface area (TPSA) is 143 Å². The Kier molecular flexibility index (Phi) is 6.40. The predicted octanol–water partition coefficient (Wildman–Crippen LogP) is 0.128. The van der Waals surface area contributed by atoms with Crippen molar-refractivity contribution in [1.29, 1.82) is 0 Å². The van der Waals surface area contributed by atoms with Crippen molar-refractivity contribution >= 4 is 17.9 Å². The van der Waals surface area contributed by atoms with Crippen LogP contribution in [-0.4, -0.2) is 52.4 Å². The van der Waals surface area contributed by atoms with E-state index in [4.69, 9.17) is 18.9 Å². The molecule has 2 unspecified atom stereocenters. The largest absolute Gasteiger partial charge is 0.463 e. The molecule has 1 aromatic rings. The van der Waals surface area contributed by atoms with Gasteiger partial charge in [-0.3, -0.25) is 28.7 Å².